The minimum absolute atomic E-state index is 0. The van der Waals surface area contributed by atoms with Gasteiger partial charge in [-0.1, -0.05) is 27.4 Å². The van der Waals surface area contributed by atoms with Crippen LogP contribution in [0.3, 0.4) is 0 Å². The van der Waals surface area contributed by atoms with Crippen LogP contribution in [0.4, 0.5) is 0 Å². The number of hydrogen-bond donors (Lipinski definition) is 1. The maximum atomic E-state index is 13.3. The standard InChI is InChI=1S/C26H36N4O6.ClH.H2/c1-17-10-24(36-22(15-33-6)16-34-7)27-30-18(2)29(28-25(17)30)14-23(32)19-11-20(26(3,4)5)13-21(12-19)35-9-8-31;;/h10-13,22,31H,2,8-9,14-16H2,1,3-7H3;2*1H. The molecule has 0 radical (unpaired) electrons. The van der Waals surface area contributed by atoms with E-state index in [2.05, 4.69) is 37.6 Å². The van der Waals surface area contributed by atoms with Crippen LogP contribution >= 0.6 is 12.4 Å². The molecule has 1 aromatic carbocycles. The van der Waals surface area contributed by atoms with Crippen LogP contribution in [-0.2, 0) is 19.6 Å². The van der Waals surface area contributed by atoms with Crippen molar-refractivity contribution in [1.82, 2.24) is 10.0 Å². The Hall–Kier alpha value is -2.92. The van der Waals surface area contributed by atoms with E-state index in [1.165, 1.54) is 5.01 Å². The first-order chi connectivity index (χ1) is 17.1. The third-order valence-electron chi connectivity index (χ3n) is 5.59. The Morgan fingerprint density at radius 3 is 2.43 bits per heavy atom. The quantitative estimate of drug-likeness (QED) is 0.426. The van der Waals surface area contributed by atoms with E-state index in [1.807, 2.05) is 19.1 Å². The summed E-state index contributed by atoms with van der Waals surface area (Å²) in [5, 5.41) is 21.3. The second-order valence-electron chi connectivity index (χ2n) is 9.62. The fourth-order valence-corrected chi connectivity index (χ4v) is 3.68. The van der Waals surface area contributed by atoms with Crippen LogP contribution in [0.25, 0.3) is 0 Å². The Kier molecular flexibility index (Phi) is 10.7. The molecule has 0 spiro atoms. The summed E-state index contributed by atoms with van der Waals surface area (Å²) in [6, 6.07) is 5.45. The molecular formula is C26H39ClN4O6. The number of nitrogens with zero attached hydrogens (tertiary/aromatic N) is 4. The van der Waals surface area contributed by atoms with Gasteiger partial charge in [-0.2, -0.15) is 10.1 Å². The van der Waals surface area contributed by atoms with E-state index in [-0.39, 0.29) is 50.9 Å². The summed E-state index contributed by atoms with van der Waals surface area (Å²) < 4.78 is 21.9. The highest BCUT2D eigenvalue weighted by Gasteiger charge is 2.33. The molecule has 0 saturated heterocycles. The van der Waals surface area contributed by atoms with Crippen molar-refractivity contribution >= 4 is 29.9 Å². The van der Waals surface area contributed by atoms with Crippen LogP contribution in [-0.4, -0.2) is 85.9 Å². The molecular weight excluding hydrogens is 500 g/mol. The highest BCUT2D eigenvalue weighted by molar-refractivity contribution is 6.08. The zero-order valence-electron chi connectivity index (χ0n) is 22.3. The fourth-order valence-electron chi connectivity index (χ4n) is 3.68. The number of aliphatic hydroxyl groups is 1. The van der Waals surface area contributed by atoms with Gasteiger partial charge in [-0.25, -0.2) is 5.01 Å². The minimum atomic E-state index is -0.327. The van der Waals surface area contributed by atoms with E-state index in [0.717, 1.165) is 11.1 Å². The number of carbonyl (C=O) groups excluding carboxylic acids is 1. The van der Waals surface area contributed by atoms with Crippen molar-refractivity contribution in [3.8, 4) is 5.75 Å². The molecule has 0 atom stereocenters. The fraction of sp³-hybridized carbons (Fsp3) is 0.500. The van der Waals surface area contributed by atoms with Gasteiger partial charge in [0.25, 0.3) is 0 Å². The number of fused-ring (bicyclic) bond motifs is 1. The molecule has 0 saturated carbocycles. The number of hydrazone groups is 2. The molecule has 0 fully saturated rings. The molecule has 0 aromatic heterocycles. The third kappa shape index (κ3) is 7.54. The predicted octanol–water partition coefficient (Wildman–Crippen LogP) is 3.56. The Bertz CT molecular complexity index is 1080. The molecule has 0 unspecified atom stereocenters. The molecule has 2 aliphatic rings. The molecule has 1 N–H and O–H groups in total. The van der Waals surface area contributed by atoms with E-state index in [0.29, 0.717) is 42.1 Å². The molecule has 0 amide bonds. The Morgan fingerprint density at radius 2 is 1.84 bits per heavy atom. The summed E-state index contributed by atoms with van der Waals surface area (Å²) in [5.74, 6) is 1.78. The lowest BCUT2D eigenvalue weighted by Crippen LogP contribution is -2.33. The van der Waals surface area contributed by atoms with Crippen molar-refractivity contribution in [2.24, 2.45) is 10.2 Å². The average molecular weight is 539 g/mol. The monoisotopic (exact) mass is 538 g/mol. The molecule has 2 aliphatic heterocycles. The van der Waals surface area contributed by atoms with E-state index in [9.17, 15) is 4.79 Å². The first kappa shape index (κ1) is 30.3. The SMILES string of the molecule is C=C1N(CC(=O)c2cc(OCCO)cc(C(C)(C)C)c2)N=C2C(C)=CC(OC(COC)COC)=NN12.Cl.[HH]. The second-order valence-corrected chi connectivity index (χ2v) is 9.62. The maximum absolute atomic E-state index is 13.3. The number of hydrogen-bond acceptors (Lipinski definition) is 10. The van der Waals surface area contributed by atoms with E-state index < -0.39 is 0 Å². The highest BCUT2D eigenvalue weighted by Crippen LogP contribution is 2.30. The van der Waals surface area contributed by atoms with Crippen LogP contribution < -0.4 is 4.74 Å². The summed E-state index contributed by atoms with van der Waals surface area (Å²) in [6.45, 7) is 12.9. The van der Waals surface area contributed by atoms with Crippen molar-refractivity contribution in [3.05, 3.63) is 53.4 Å². The van der Waals surface area contributed by atoms with E-state index in [1.54, 1.807) is 31.4 Å². The number of amidine groups is 1. The highest BCUT2D eigenvalue weighted by atomic mass is 35.5. The second kappa shape index (κ2) is 13.0. The molecule has 11 heteroatoms. The minimum Gasteiger partial charge on any atom is -0.491 e. The van der Waals surface area contributed by atoms with Gasteiger partial charge in [0.1, 0.15) is 30.8 Å². The van der Waals surface area contributed by atoms with Gasteiger partial charge in [0.15, 0.2) is 11.6 Å². The lowest BCUT2D eigenvalue weighted by atomic mass is 9.85. The van der Waals surface area contributed by atoms with Gasteiger partial charge < -0.3 is 24.1 Å². The van der Waals surface area contributed by atoms with Crippen molar-refractivity contribution in [2.75, 3.05) is 47.2 Å². The number of halogens is 1. The molecule has 37 heavy (non-hydrogen) atoms. The Morgan fingerprint density at radius 1 is 1.16 bits per heavy atom. The van der Waals surface area contributed by atoms with Gasteiger partial charge in [-0.3, -0.25) is 4.79 Å². The lowest BCUT2D eigenvalue weighted by molar-refractivity contribution is 0.0175. The summed E-state index contributed by atoms with van der Waals surface area (Å²) in [5.41, 5.74) is 2.08. The van der Waals surface area contributed by atoms with Gasteiger partial charge >= 0.3 is 0 Å². The zero-order chi connectivity index (χ0) is 26.5. The maximum Gasteiger partial charge on any atom is 0.232 e. The lowest BCUT2D eigenvalue weighted by Gasteiger charge is -2.24. The summed E-state index contributed by atoms with van der Waals surface area (Å²) in [6.07, 6.45) is 1.45. The Balaban J connectivity index is 0.00000361. The Labute approximate surface area is 226 Å². The topological polar surface area (TPSA) is 105 Å². The zero-order valence-corrected chi connectivity index (χ0v) is 23.1. The molecule has 10 nitrogen and oxygen atoms in total. The number of benzene rings is 1. The smallest absolute Gasteiger partial charge is 0.232 e. The van der Waals surface area contributed by atoms with Gasteiger partial charge in [-0.15, -0.1) is 17.5 Å². The van der Waals surface area contributed by atoms with Crippen LogP contribution in [0.1, 0.15) is 45.0 Å². The first-order valence-corrected chi connectivity index (χ1v) is 11.8. The van der Waals surface area contributed by atoms with Crippen molar-refractivity contribution < 1.29 is 30.3 Å². The van der Waals surface area contributed by atoms with Crippen LogP contribution in [0.2, 0.25) is 0 Å². The normalized spacial score (nSPS) is 15.1. The van der Waals surface area contributed by atoms with Gasteiger partial charge in [0.2, 0.25) is 5.90 Å². The van der Waals surface area contributed by atoms with E-state index in [4.69, 9.17) is 24.1 Å². The third-order valence-corrected chi connectivity index (χ3v) is 5.59. The number of methoxy groups -OCH3 is 2. The van der Waals surface area contributed by atoms with Crippen molar-refractivity contribution in [2.45, 2.75) is 39.2 Å². The van der Waals surface area contributed by atoms with Crippen LogP contribution in [0, 0.1) is 0 Å². The summed E-state index contributed by atoms with van der Waals surface area (Å²) in [7, 11) is 3.19. The largest absolute Gasteiger partial charge is 0.491 e. The van der Waals surface area contributed by atoms with Crippen molar-refractivity contribution in [1.29, 1.82) is 0 Å². The predicted molar refractivity (Wildman–Crippen MR) is 146 cm³/mol. The molecule has 1 aromatic rings. The van der Waals surface area contributed by atoms with Crippen molar-refractivity contribution in [3.63, 3.8) is 0 Å². The number of rotatable bonds is 11. The molecule has 3 rings (SSSR count). The summed E-state index contributed by atoms with van der Waals surface area (Å²) in [4.78, 5) is 13.3. The molecule has 0 aliphatic carbocycles. The van der Waals surface area contributed by atoms with Gasteiger partial charge in [0, 0.05) is 32.9 Å². The molecule has 2 heterocycles. The molecule has 0 bridgehead atoms. The number of ketones is 1. The number of Topliss-reactive ketones (excluding diaryl/α,β-unsaturated/α-hetero) is 1. The van der Waals surface area contributed by atoms with E-state index >= 15 is 0 Å². The number of aliphatic hydroxyl groups excluding tert-OH is 1. The first-order valence-electron chi connectivity index (χ1n) is 11.8. The number of ether oxygens (including phenoxy) is 4. The molecule has 206 valence electrons. The van der Waals surface area contributed by atoms with Gasteiger partial charge in [-0.05, 0) is 36.1 Å². The van der Waals surface area contributed by atoms with Gasteiger partial charge in [0.05, 0.1) is 19.8 Å². The van der Waals surface area contributed by atoms with Crippen LogP contribution in [0.5, 0.6) is 5.75 Å². The average Bonchev–Trinajstić information content (AvgIpc) is 3.13. The summed E-state index contributed by atoms with van der Waals surface area (Å²) >= 11 is 0. The van der Waals surface area contributed by atoms with Crippen LogP contribution in [0.15, 0.2) is 52.5 Å². The number of carbonyl (C=O) groups is 1.